The molecule has 0 N–H and O–H groups in total. The van der Waals surface area contributed by atoms with Gasteiger partial charge in [0, 0.05) is 39.3 Å². The molecule has 1 atom stereocenters. The van der Waals surface area contributed by atoms with Crippen LogP contribution in [0.25, 0.3) is 0 Å². The molecule has 1 heterocycles. The van der Waals surface area contributed by atoms with E-state index < -0.39 is 11.7 Å². The van der Waals surface area contributed by atoms with Gasteiger partial charge in [0.25, 0.3) is 0 Å². The summed E-state index contributed by atoms with van der Waals surface area (Å²) in [4.78, 5) is 30.2. The topological polar surface area (TPSA) is 53.1 Å². The minimum absolute atomic E-state index is 0.0368. The second-order valence-corrected chi connectivity index (χ2v) is 7.99. The van der Waals surface area contributed by atoms with E-state index in [1.807, 2.05) is 43.9 Å². The van der Waals surface area contributed by atoms with Crippen LogP contribution in [0.5, 0.6) is 0 Å². The van der Waals surface area contributed by atoms with E-state index in [9.17, 15) is 9.59 Å². The van der Waals surface area contributed by atoms with Gasteiger partial charge in [-0.15, -0.1) is 0 Å². The average Bonchev–Trinajstić information content (AvgIpc) is 2.54. The number of carbonyl (C=O) groups excluding carboxylic acids is 2. The summed E-state index contributed by atoms with van der Waals surface area (Å²) in [6.07, 6.45) is -0.471. The second kappa shape index (κ2) is 8.54. The monoisotopic (exact) mass is 361 g/mol. The SMILES string of the molecule is CC1CN(Cc2ccccc2)CCN1C(=O)CN(C)C(=O)OC(C)(C)C. The first kappa shape index (κ1) is 20.2. The molecular formula is C20H31N3O3. The number of ether oxygens (including phenoxy) is 1. The number of piperazine rings is 1. The molecule has 0 spiro atoms. The minimum Gasteiger partial charge on any atom is -0.444 e. The lowest BCUT2D eigenvalue weighted by atomic mass is 10.1. The van der Waals surface area contributed by atoms with Gasteiger partial charge in [-0.3, -0.25) is 9.69 Å². The molecule has 2 amide bonds. The number of hydrogen-bond donors (Lipinski definition) is 0. The van der Waals surface area contributed by atoms with Crippen LogP contribution in [0.1, 0.15) is 33.3 Å². The largest absolute Gasteiger partial charge is 0.444 e. The fourth-order valence-corrected chi connectivity index (χ4v) is 3.09. The maximum Gasteiger partial charge on any atom is 0.410 e. The maximum absolute atomic E-state index is 12.6. The van der Waals surface area contributed by atoms with Crippen LogP contribution in [0.15, 0.2) is 30.3 Å². The summed E-state index contributed by atoms with van der Waals surface area (Å²) < 4.78 is 5.31. The average molecular weight is 361 g/mol. The van der Waals surface area contributed by atoms with Gasteiger partial charge in [-0.2, -0.15) is 0 Å². The van der Waals surface area contributed by atoms with E-state index in [2.05, 4.69) is 24.0 Å². The van der Waals surface area contributed by atoms with Gasteiger partial charge in [-0.1, -0.05) is 30.3 Å². The minimum atomic E-state index is -0.565. The number of benzene rings is 1. The summed E-state index contributed by atoms with van der Waals surface area (Å²) in [5, 5.41) is 0. The van der Waals surface area contributed by atoms with Crippen molar-refractivity contribution in [3.8, 4) is 0 Å². The predicted octanol–water partition coefficient (Wildman–Crippen LogP) is 2.59. The van der Waals surface area contributed by atoms with E-state index in [1.54, 1.807) is 7.05 Å². The highest BCUT2D eigenvalue weighted by molar-refractivity contribution is 5.82. The van der Waals surface area contributed by atoms with Crippen LogP contribution in [0.2, 0.25) is 0 Å². The molecule has 0 bridgehead atoms. The molecular weight excluding hydrogens is 330 g/mol. The van der Waals surface area contributed by atoms with Crippen molar-refractivity contribution in [2.45, 2.75) is 45.9 Å². The zero-order valence-corrected chi connectivity index (χ0v) is 16.6. The highest BCUT2D eigenvalue weighted by Gasteiger charge is 2.29. The highest BCUT2D eigenvalue weighted by Crippen LogP contribution is 2.14. The van der Waals surface area contributed by atoms with Gasteiger partial charge >= 0.3 is 6.09 Å². The van der Waals surface area contributed by atoms with Crippen LogP contribution in [0.3, 0.4) is 0 Å². The zero-order chi connectivity index (χ0) is 19.3. The summed E-state index contributed by atoms with van der Waals surface area (Å²) in [5.41, 5.74) is 0.717. The normalized spacial score (nSPS) is 18.5. The Morgan fingerprint density at radius 2 is 1.85 bits per heavy atom. The zero-order valence-electron chi connectivity index (χ0n) is 16.6. The van der Waals surface area contributed by atoms with Gasteiger partial charge in [0.15, 0.2) is 0 Å². The van der Waals surface area contributed by atoms with Gasteiger partial charge in [0.2, 0.25) is 5.91 Å². The van der Waals surface area contributed by atoms with Crippen LogP contribution in [0.4, 0.5) is 4.79 Å². The van der Waals surface area contributed by atoms with E-state index in [4.69, 9.17) is 4.74 Å². The molecule has 0 saturated carbocycles. The van der Waals surface area contributed by atoms with Crippen molar-refractivity contribution in [3.05, 3.63) is 35.9 Å². The maximum atomic E-state index is 12.6. The first-order valence-electron chi connectivity index (χ1n) is 9.15. The summed E-state index contributed by atoms with van der Waals surface area (Å²) in [6, 6.07) is 10.5. The Morgan fingerprint density at radius 1 is 1.19 bits per heavy atom. The fraction of sp³-hybridized carbons (Fsp3) is 0.600. The molecule has 0 aliphatic carbocycles. The number of nitrogens with zero attached hydrogens (tertiary/aromatic N) is 3. The van der Waals surface area contributed by atoms with E-state index >= 15 is 0 Å². The molecule has 0 aromatic heterocycles. The summed E-state index contributed by atoms with van der Waals surface area (Å²) in [6.45, 7) is 10.8. The molecule has 1 fully saturated rings. The van der Waals surface area contributed by atoms with Gasteiger partial charge in [-0.05, 0) is 33.3 Å². The molecule has 1 saturated heterocycles. The molecule has 1 aliphatic rings. The molecule has 144 valence electrons. The van der Waals surface area contributed by atoms with Crippen molar-refractivity contribution >= 4 is 12.0 Å². The lowest BCUT2D eigenvalue weighted by Crippen LogP contribution is -2.55. The van der Waals surface area contributed by atoms with Crippen LogP contribution >= 0.6 is 0 Å². The van der Waals surface area contributed by atoms with Crippen LogP contribution in [-0.4, -0.2) is 71.6 Å². The molecule has 26 heavy (non-hydrogen) atoms. The molecule has 0 radical (unpaired) electrons. The standard InChI is InChI=1S/C20H31N3O3/c1-16-13-22(14-17-9-7-6-8-10-17)11-12-23(16)18(24)15-21(5)19(25)26-20(2,3)4/h6-10,16H,11-15H2,1-5H3. The number of amides is 2. The Bertz CT molecular complexity index is 612. The van der Waals surface area contributed by atoms with Crippen LogP contribution in [0, 0.1) is 0 Å². The molecule has 1 aliphatic heterocycles. The van der Waals surface area contributed by atoms with Gasteiger partial charge in [-0.25, -0.2) is 4.79 Å². The molecule has 6 heteroatoms. The molecule has 1 unspecified atom stereocenters. The third kappa shape index (κ3) is 6.02. The first-order valence-corrected chi connectivity index (χ1v) is 9.15. The van der Waals surface area contributed by atoms with Crippen LogP contribution in [-0.2, 0) is 16.1 Å². The molecule has 1 aromatic rings. The van der Waals surface area contributed by atoms with Crippen LogP contribution < -0.4 is 0 Å². The third-order valence-electron chi connectivity index (χ3n) is 4.36. The fourth-order valence-electron chi connectivity index (χ4n) is 3.09. The number of hydrogen-bond acceptors (Lipinski definition) is 4. The Balaban J connectivity index is 1.84. The number of likely N-dealkylation sites (N-methyl/N-ethyl adjacent to an activating group) is 1. The third-order valence-corrected chi connectivity index (χ3v) is 4.36. The van der Waals surface area contributed by atoms with Gasteiger partial charge in [0.05, 0.1) is 0 Å². The first-order chi connectivity index (χ1) is 12.2. The van der Waals surface area contributed by atoms with Crippen molar-refractivity contribution < 1.29 is 14.3 Å². The predicted molar refractivity (Wildman–Crippen MR) is 102 cm³/mol. The van der Waals surface area contributed by atoms with E-state index in [-0.39, 0.29) is 18.5 Å². The van der Waals surface area contributed by atoms with Crippen molar-refractivity contribution in [1.29, 1.82) is 0 Å². The van der Waals surface area contributed by atoms with E-state index in [0.29, 0.717) is 6.54 Å². The Hall–Kier alpha value is -2.08. The Labute approximate surface area is 156 Å². The quantitative estimate of drug-likeness (QED) is 0.827. The smallest absolute Gasteiger partial charge is 0.410 e. The van der Waals surface area contributed by atoms with Crippen molar-refractivity contribution in [3.63, 3.8) is 0 Å². The van der Waals surface area contributed by atoms with Crippen molar-refractivity contribution in [1.82, 2.24) is 14.7 Å². The summed E-state index contributed by atoms with van der Waals surface area (Å²) in [7, 11) is 1.60. The molecule has 2 rings (SSSR count). The second-order valence-electron chi connectivity index (χ2n) is 7.99. The molecule has 6 nitrogen and oxygen atoms in total. The van der Waals surface area contributed by atoms with E-state index in [0.717, 1.165) is 19.6 Å². The highest BCUT2D eigenvalue weighted by atomic mass is 16.6. The number of carbonyl (C=O) groups is 2. The summed E-state index contributed by atoms with van der Waals surface area (Å²) in [5.74, 6) is -0.0368. The lowest BCUT2D eigenvalue weighted by Gasteiger charge is -2.40. The van der Waals surface area contributed by atoms with Crippen molar-refractivity contribution in [2.24, 2.45) is 0 Å². The van der Waals surface area contributed by atoms with Gasteiger partial charge in [0.1, 0.15) is 12.1 Å². The van der Waals surface area contributed by atoms with Gasteiger partial charge < -0.3 is 14.5 Å². The Morgan fingerprint density at radius 3 is 2.42 bits per heavy atom. The number of rotatable bonds is 4. The van der Waals surface area contributed by atoms with E-state index in [1.165, 1.54) is 10.5 Å². The Kier molecular flexibility index (Phi) is 6.64. The summed E-state index contributed by atoms with van der Waals surface area (Å²) >= 11 is 0. The lowest BCUT2D eigenvalue weighted by molar-refractivity contribution is -0.136. The molecule has 1 aromatic carbocycles. The van der Waals surface area contributed by atoms with Crippen molar-refractivity contribution in [2.75, 3.05) is 33.2 Å².